The smallest absolute Gasteiger partial charge is 0.267 e. The summed E-state index contributed by atoms with van der Waals surface area (Å²) in [5.41, 5.74) is 3.87. The van der Waals surface area contributed by atoms with Crippen LogP contribution in [0.1, 0.15) is 5.69 Å². The van der Waals surface area contributed by atoms with E-state index in [0.717, 1.165) is 16.9 Å². The molecule has 2 aromatic carbocycles. The van der Waals surface area contributed by atoms with Crippen LogP contribution in [-0.2, 0) is 0 Å². The van der Waals surface area contributed by atoms with Crippen LogP contribution in [0.25, 0.3) is 22.6 Å². The molecule has 0 atom stereocenters. The topological polar surface area (TPSA) is 39.3 Å². The molecule has 4 rings (SSSR count). The molecule has 0 N–H and O–H groups in total. The summed E-state index contributed by atoms with van der Waals surface area (Å²) in [6.07, 6.45) is 0. The molecule has 0 amide bonds. The zero-order chi connectivity index (χ0) is 16.7. The van der Waals surface area contributed by atoms with E-state index in [-0.39, 0.29) is 5.56 Å². The highest BCUT2D eigenvalue weighted by atomic mass is 35.5. The molecule has 118 valence electrons. The number of benzene rings is 2. The van der Waals surface area contributed by atoms with Crippen LogP contribution in [0.15, 0.2) is 71.5 Å². The summed E-state index contributed by atoms with van der Waals surface area (Å²) in [6, 6.07) is 20.8. The molecule has 0 saturated carbocycles. The van der Waals surface area contributed by atoms with Crippen molar-refractivity contribution in [2.75, 3.05) is 0 Å². The second-order valence-corrected chi connectivity index (χ2v) is 6.03. The monoisotopic (exact) mass is 335 g/mol. The third-order valence-electron chi connectivity index (χ3n) is 3.87. The first-order chi connectivity index (χ1) is 11.6. The number of aryl methyl sites for hydroxylation is 1. The third-order valence-corrected chi connectivity index (χ3v) is 4.10. The largest absolute Gasteiger partial charge is 0.273 e. The minimum absolute atomic E-state index is 0.125. The molecule has 0 unspecified atom stereocenters. The van der Waals surface area contributed by atoms with Gasteiger partial charge in [-0.1, -0.05) is 48.0 Å². The number of aromatic nitrogens is 3. The molecule has 0 bridgehead atoms. The Labute approximate surface area is 143 Å². The molecular formula is C19H14ClN3O. The zero-order valence-corrected chi connectivity index (χ0v) is 13.7. The van der Waals surface area contributed by atoms with E-state index in [2.05, 4.69) is 4.98 Å². The first-order valence-electron chi connectivity index (χ1n) is 7.57. The molecule has 0 saturated heterocycles. The fraction of sp³-hybridized carbons (Fsp3) is 0.0526. The van der Waals surface area contributed by atoms with Crippen LogP contribution in [0.5, 0.6) is 0 Å². The van der Waals surface area contributed by atoms with Crippen LogP contribution >= 0.6 is 11.6 Å². The minimum atomic E-state index is -0.125. The third kappa shape index (κ3) is 2.41. The van der Waals surface area contributed by atoms with Gasteiger partial charge in [-0.25, -0.2) is 9.67 Å². The van der Waals surface area contributed by atoms with E-state index in [0.29, 0.717) is 16.4 Å². The molecule has 2 heterocycles. The normalized spacial score (nSPS) is 11.1. The lowest BCUT2D eigenvalue weighted by molar-refractivity contribution is 0.766. The van der Waals surface area contributed by atoms with Gasteiger partial charge in [0.25, 0.3) is 5.56 Å². The van der Waals surface area contributed by atoms with E-state index in [4.69, 9.17) is 11.6 Å². The predicted molar refractivity (Wildman–Crippen MR) is 96.0 cm³/mol. The molecule has 0 spiro atoms. The Balaban J connectivity index is 2.14. The summed E-state index contributed by atoms with van der Waals surface area (Å²) in [6.45, 7) is 1.82. The maximum Gasteiger partial charge on any atom is 0.273 e. The van der Waals surface area contributed by atoms with E-state index < -0.39 is 0 Å². The van der Waals surface area contributed by atoms with Crippen LogP contribution < -0.4 is 5.56 Å². The molecule has 2 aromatic heterocycles. The summed E-state index contributed by atoms with van der Waals surface area (Å²) in [5, 5.41) is 0.612. The van der Waals surface area contributed by atoms with Crippen molar-refractivity contribution in [1.29, 1.82) is 0 Å². The predicted octanol–water partition coefficient (Wildman–Crippen LogP) is 4.11. The van der Waals surface area contributed by atoms with Crippen molar-refractivity contribution in [3.8, 4) is 16.9 Å². The van der Waals surface area contributed by atoms with Gasteiger partial charge in [-0.15, -0.1) is 0 Å². The molecular weight excluding hydrogens is 322 g/mol. The van der Waals surface area contributed by atoms with Crippen LogP contribution in [0, 0.1) is 6.92 Å². The average Bonchev–Trinajstić information content (AvgIpc) is 2.95. The molecule has 0 fully saturated rings. The molecule has 5 heteroatoms. The quantitative estimate of drug-likeness (QED) is 0.553. The lowest BCUT2D eigenvalue weighted by Crippen LogP contribution is -2.20. The van der Waals surface area contributed by atoms with Crippen LogP contribution in [0.3, 0.4) is 0 Å². The summed E-state index contributed by atoms with van der Waals surface area (Å²) in [7, 11) is 0. The molecule has 0 aliphatic rings. The first kappa shape index (κ1) is 14.7. The Bertz CT molecular complexity index is 1100. The Kier molecular flexibility index (Phi) is 3.47. The Morgan fingerprint density at radius 3 is 2.50 bits per heavy atom. The van der Waals surface area contributed by atoms with Gasteiger partial charge in [-0.3, -0.25) is 4.79 Å². The van der Waals surface area contributed by atoms with Crippen LogP contribution in [0.4, 0.5) is 0 Å². The number of nitrogens with zero attached hydrogens (tertiary/aromatic N) is 3. The van der Waals surface area contributed by atoms with Gasteiger partial charge >= 0.3 is 0 Å². The highest BCUT2D eigenvalue weighted by molar-refractivity contribution is 6.30. The molecule has 0 aliphatic heterocycles. The van der Waals surface area contributed by atoms with Gasteiger partial charge in [0.15, 0.2) is 5.65 Å². The summed E-state index contributed by atoms with van der Waals surface area (Å²) in [4.78, 5) is 17.1. The van der Waals surface area contributed by atoms with E-state index in [1.807, 2.05) is 72.3 Å². The lowest BCUT2D eigenvalue weighted by atomic mass is 10.1. The zero-order valence-electron chi connectivity index (χ0n) is 13.0. The van der Waals surface area contributed by atoms with Crippen molar-refractivity contribution in [1.82, 2.24) is 14.2 Å². The molecule has 4 nitrogen and oxygen atoms in total. The number of halogens is 1. The van der Waals surface area contributed by atoms with Crippen LogP contribution in [-0.4, -0.2) is 14.2 Å². The Morgan fingerprint density at radius 1 is 0.958 bits per heavy atom. The SMILES string of the molecule is Cc1cc(=O)n2c(cc(-c3ccccc3)n2-c2cccc(Cl)c2)n1. The molecule has 4 aromatic rings. The molecule has 24 heavy (non-hydrogen) atoms. The number of rotatable bonds is 2. The fourth-order valence-corrected chi connectivity index (χ4v) is 3.06. The summed E-state index contributed by atoms with van der Waals surface area (Å²) >= 11 is 6.16. The second kappa shape index (κ2) is 5.65. The summed E-state index contributed by atoms with van der Waals surface area (Å²) in [5.74, 6) is 0. The highest BCUT2D eigenvalue weighted by Crippen LogP contribution is 2.26. The van der Waals surface area contributed by atoms with Crippen molar-refractivity contribution in [2.45, 2.75) is 6.92 Å². The van der Waals surface area contributed by atoms with Gasteiger partial charge < -0.3 is 0 Å². The summed E-state index contributed by atoms with van der Waals surface area (Å²) < 4.78 is 3.42. The van der Waals surface area contributed by atoms with Gasteiger partial charge in [0.2, 0.25) is 0 Å². The van der Waals surface area contributed by atoms with Gasteiger partial charge in [0.05, 0.1) is 11.4 Å². The van der Waals surface area contributed by atoms with Crippen molar-refractivity contribution in [3.63, 3.8) is 0 Å². The maximum absolute atomic E-state index is 12.6. The minimum Gasteiger partial charge on any atom is -0.267 e. The number of hydrogen-bond donors (Lipinski definition) is 0. The average molecular weight is 336 g/mol. The number of fused-ring (bicyclic) bond motifs is 1. The van der Waals surface area contributed by atoms with Gasteiger partial charge in [0, 0.05) is 28.4 Å². The lowest BCUT2D eigenvalue weighted by Gasteiger charge is -2.11. The van der Waals surface area contributed by atoms with Crippen molar-refractivity contribution in [3.05, 3.63) is 87.8 Å². The van der Waals surface area contributed by atoms with Gasteiger partial charge in [-0.05, 0) is 25.1 Å². The van der Waals surface area contributed by atoms with Crippen molar-refractivity contribution >= 4 is 17.2 Å². The van der Waals surface area contributed by atoms with Gasteiger partial charge in [-0.2, -0.15) is 4.52 Å². The van der Waals surface area contributed by atoms with Crippen LogP contribution in [0.2, 0.25) is 5.02 Å². The van der Waals surface area contributed by atoms with Crippen molar-refractivity contribution in [2.24, 2.45) is 0 Å². The Morgan fingerprint density at radius 2 is 1.75 bits per heavy atom. The van der Waals surface area contributed by atoms with Gasteiger partial charge in [0.1, 0.15) is 0 Å². The Hall–Kier alpha value is -2.85. The molecule has 0 aliphatic carbocycles. The fourth-order valence-electron chi connectivity index (χ4n) is 2.88. The van der Waals surface area contributed by atoms with E-state index >= 15 is 0 Å². The highest BCUT2D eigenvalue weighted by Gasteiger charge is 2.15. The second-order valence-electron chi connectivity index (χ2n) is 5.59. The molecule has 0 radical (unpaired) electrons. The standard InChI is InChI=1S/C19H14ClN3O/c1-13-10-19(24)23-18(21-13)12-17(14-6-3-2-4-7-14)22(23)16-9-5-8-15(20)11-16/h2-12H,1H3. The van der Waals surface area contributed by atoms with E-state index in [9.17, 15) is 4.79 Å². The van der Waals surface area contributed by atoms with E-state index in [1.165, 1.54) is 6.07 Å². The number of hydrogen-bond acceptors (Lipinski definition) is 2. The first-order valence-corrected chi connectivity index (χ1v) is 7.95. The van der Waals surface area contributed by atoms with E-state index in [1.54, 1.807) is 4.52 Å². The van der Waals surface area contributed by atoms with Crippen molar-refractivity contribution < 1.29 is 0 Å². The maximum atomic E-state index is 12.6.